The van der Waals surface area contributed by atoms with E-state index in [0.29, 0.717) is 9.52 Å². The Morgan fingerprint density at radius 1 is 1.00 bits per heavy atom. The second kappa shape index (κ2) is 14.0. The van der Waals surface area contributed by atoms with Crippen molar-refractivity contribution in [2.24, 2.45) is 0 Å². The van der Waals surface area contributed by atoms with E-state index in [2.05, 4.69) is 29.1 Å². The quantitative estimate of drug-likeness (QED) is 0.301. The maximum Gasteiger partial charge on any atom is 0.500 e. The third kappa shape index (κ3) is 7.97. The molecular weight excluding hydrogens is 410 g/mol. The minimum atomic E-state index is -2.46. The van der Waals surface area contributed by atoms with Crippen LogP contribution in [0.5, 0.6) is 0 Å². The molecule has 0 aromatic heterocycles. The highest BCUT2D eigenvalue weighted by Gasteiger charge is 2.36. The Kier molecular flexibility index (Phi) is 13.0. The van der Waals surface area contributed by atoms with E-state index in [0.717, 1.165) is 51.4 Å². The molecule has 0 spiro atoms. The highest BCUT2D eigenvalue weighted by atomic mass is 28.4. The molecule has 163 valence electrons. The van der Waals surface area contributed by atoms with E-state index in [9.17, 15) is 0 Å². The smallest absolute Gasteiger partial charge is 0.392 e. The Hall–Kier alpha value is -0.0894. The van der Waals surface area contributed by atoms with Crippen molar-refractivity contribution in [3.8, 4) is 0 Å². The topological polar surface area (TPSA) is 64.7 Å². The second-order valence-corrected chi connectivity index (χ2v) is 13.1. The van der Waals surface area contributed by atoms with Crippen LogP contribution in [0, 0.1) is 0 Å². The van der Waals surface area contributed by atoms with E-state index in [4.69, 9.17) is 22.1 Å². The molecule has 0 saturated carbocycles. The number of rotatable bonds is 14. The zero-order chi connectivity index (χ0) is 21.0. The Morgan fingerprint density at radius 3 is 2.07 bits per heavy atom. The van der Waals surface area contributed by atoms with Crippen LogP contribution in [-0.4, -0.2) is 119 Å². The van der Waals surface area contributed by atoms with Gasteiger partial charge in [0.15, 0.2) is 0 Å². The molecule has 1 N–H and O–H groups in total. The Balaban J connectivity index is 2.54. The number of nitrogens with one attached hydrogen (secondary N) is 1. The average Bonchev–Trinajstić information content (AvgIpc) is 2.72. The zero-order valence-electron chi connectivity index (χ0n) is 18.6. The molecule has 0 amide bonds. The van der Waals surface area contributed by atoms with Crippen molar-refractivity contribution >= 4 is 27.6 Å². The Labute approximate surface area is 176 Å². The van der Waals surface area contributed by atoms with Crippen LogP contribution in [0.25, 0.3) is 0 Å². The molecule has 0 unspecified atom stereocenters. The van der Waals surface area contributed by atoms with E-state index >= 15 is 0 Å². The SMILES string of the molecule is CO[Si](OC)C(=C(C)[Si]CNCCC[Si](OC)(OC)OC)N1CCN(C)CC1. The van der Waals surface area contributed by atoms with E-state index in [1.165, 1.54) is 10.5 Å². The van der Waals surface area contributed by atoms with Crippen LogP contribution >= 0.6 is 0 Å². The van der Waals surface area contributed by atoms with Gasteiger partial charge in [0, 0.05) is 67.8 Å². The van der Waals surface area contributed by atoms with Crippen molar-refractivity contribution in [1.82, 2.24) is 15.1 Å². The van der Waals surface area contributed by atoms with E-state index in [1.54, 1.807) is 35.5 Å². The van der Waals surface area contributed by atoms with Gasteiger partial charge < -0.3 is 37.2 Å². The predicted molar refractivity (Wildman–Crippen MR) is 116 cm³/mol. The maximum absolute atomic E-state index is 5.70. The van der Waals surface area contributed by atoms with Gasteiger partial charge in [0.1, 0.15) is 0 Å². The summed E-state index contributed by atoms with van der Waals surface area (Å²) in [7, 11) is 7.46. The van der Waals surface area contributed by atoms with Gasteiger partial charge in [0.25, 0.3) is 0 Å². The van der Waals surface area contributed by atoms with Gasteiger partial charge in [-0.15, -0.1) is 0 Å². The Bertz CT molecular complexity index is 449. The first-order valence-electron chi connectivity index (χ1n) is 9.66. The third-order valence-corrected chi connectivity index (χ3v) is 11.1. The summed E-state index contributed by atoms with van der Waals surface area (Å²) < 4.78 is 27.8. The van der Waals surface area contributed by atoms with Gasteiger partial charge in [-0.1, -0.05) is 5.20 Å². The van der Waals surface area contributed by atoms with E-state index in [1.807, 2.05) is 0 Å². The fourth-order valence-electron chi connectivity index (χ4n) is 3.18. The van der Waals surface area contributed by atoms with Gasteiger partial charge in [0.05, 0.1) is 14.8 Å². The molecule has 0 aromatic rings. The number of hydrogen-bond acceptors (Lipinski definition) is 8. The van der Waals surface area contributed by atoms with E-state index in [-0.39, 0.29) is 0 Å². The van der Waals surface area contributed by atoms with Crippen LogP contribution in [0.3, 0.4) is 0 Å². The standard InChI is InChI=1S/C17H38N3O5Si3/c1-16(26-15-18-9-8-14-28(23-5,24-6)25-7)17(27(21-3)22-4)20-12-10-19(2)11-13-20/h18H,8-15H2,1-7H3. The summed E-state index contributed by atoms with van der Waals surface area (Å²) in [6, 6.07) is 0.814. The zero-order valence-corrected chi connectivity index (χ0v) is 21.6. The average molecular weight is 449 g/mol. The molecule has 0 aliphatic carbocycles. The molecule has 1 heterocycles. The molecule has 0 atom stereocenters. The van der Waals surface area contributed by atoms with Crippen LogP contribution in [0.4, 0.5) is 0 Å². The number of likely N-dealkylation sites (N-methyl/N-ethyl adjacent to an activating group) is 1. The molecule has 3 radical (unpaired) electrons. The first-order valence-corrected chi connectivity index (χ1v) is 14.1. The number of hydrogen-bond donors (Lipinski definition) is 1. The van der Waals surface area contributed by atoms with Crippen LogP contribution in [0.1, 0.15) is 13.3 Å². The molecule has 8 nitrogen and oxygen atoms in total. The number of piperazine rings is 1. The lowest BCUT2D eigenvalue weighted by atomic mass is 10.3. The monoisotopic (exact) mass is 448 g/mol. The lowest BCUT2D eigenvalue weighted by Gasteiger charge is -2.37. The largest absolute Gasteiger partial charge is 0.500 e. The van der Waals surface area contributed by atoms with Gasteiger partial charge >= 0.3 is 18.1 Å². The van der Waals surface area contributed by atoms with Crippen LogP contribution < -0.4 is 5.32 Å². The van der Waals surface area contributed by atoms with Gasteiger partial charge in [0.2, 0.25) is 0 Å². The van der Waals surface area contributed by atoms with Crippen LogP contribution in [0.15, 0.2) is 10.5 Å². The molecule has 1 rings (SSSR count). The summed E-state index contributed by atoms with van der Waals surface area (Å²) in [5.41, 5.74) is 0. The van der Waals surface area contributed by atoms with Crippen molar-refractivity contribution < 1.29 is 22.1 Å². The number of nitrogens with zero attached hydrogens (tertiary/aromatic N) is 2. The lowest BCUT2D eigenvalue weighted by Crippen LogP contribution is -2.48. The minimum absolute atomic E-state index is 0.698. The maximum atomic E-state index is 5.70. The van der Waals surface area contributed by atoms with Gasteiger partial charge in [-0.2, -0.15) is 0 Å². The molecule has 11 heteroatoms. The van der Waals surface area contributed by atoms with E-state index < -0.39 is 18.1 Å². The summed E-state index contributed by atoms with van der Waals surface area (Å²) in [4.78, 5) is 4.82. The molecule has 0 bridgehead atoms. The molecular formula is C17H38N3O5Si3. The first kappa shape index (κ1) is 25.9. The Morgan fingerprint density at radius 2 is 1.57 bits per heavy atom. The highest BCUT2D eigenvalue weighted by Crippen LogP contribution is 2.17. The highest BCUT2D eigenvalue weighted by molar-refractivity contribution is 6.60. The number of allylic oxidation sites excluding steroid dienone is 1. The van der Waals surface area contributed by atoms with Crippen molar-refractivity contribution in [1.29, 1.82) is 0 Å². The van der Waals surface area contributed by atoms with Crippen molar-refractivity contribution in [2.75, 3.05) is 81.5 Å². The summed E-state index contributed by atoms with van der Waals surface area (Å²) in [6.45, 7) is 7.34. The van der Waals surface area contributed by atoms with Gasteiger partial charge in [-0.25, -0.2) is 0 Å². The van der Waals surface area contributed by atoms with Crippen LogP contribution in [0.2, 0.25) is 6.04 Å². The third-order valence-electron chi connectivity index (χ3n) is 4.99. The molecule has 0 aromatic carbocycles. The lowest BCUT2D eigenvalue weighted by molar-refractivity contribution is 0.123. The van der Waals surface area contributed by atoms with Crippen LogP contribution in [-0.2, 0) is 22.1 Å². The normalized spacial score (nSPS) is 17.4. The van der Waals surface area contributed by atoms with Gasteiger partial charge in [-0.05, 0) is 33.1 Å². The van der Waals surface area contributed by atoms with Gasteiger partial charge in [-0.3, -0.25) is 0 Å². The summed E-state index contributed by atoms with van der Waals surface area (Å²) >= 11 is 0. The molecule has 1 saturated heterocycles. The van der Waals surface area contributed by atoms with Crippen molar-refractivity contribution in [2.45, 2.75) is 19.4 Å². The molecule has 1 aliphatic rings. The van der Waals surface area contributed by atoms with Crippen molar-refractivity contribution in [3.05, 3.63) is 10.5 Å². The fourth-order valence-corrected chi connectivity index (χ4v) is 7.71. The summed E-state index contributed by atoms with van der Waals surface area (Å²) in [5, 5.41) is 6.20. The molecule has 28 heavy (non-hydrogen) atoms. The molecule has 1 fully saturated rings. The fraction of sp³-hybridized carbons (Fsp3) is 0.882. The second-order valence-electron chi connectivity index (χ2n) is 6.71. The summed E-state index contributed by atoms with van der Waals surface area (Å²) in [6.07, 6.45) is 1.92. The summed E-state index contributed by atoms with van der Waals surface area (Å²) in [5.74, 6) is 0. The predicted octanol–water partition coefficient (Wildman–Crippen LogP) is 0.305. The first-order chi connectivity index (χ1) is 13.5. The van der Waals surface area contributed by atoms with Crippen molar-refractivity contribution in [3.63, 3.8) is 0 Å². The minimum Gasteiger partial charge on any atom is -0.392 e. The molecule has 1 aliphatic heterocycles.